The van der Waals surface area contributed by atoms with Crippen molar-refractivity contribution >= 4 is 28.3 Å². The molecule has 0 radical (unpaired) electrons. The molecule has 0 saturated carbocycles. The molecule has 0 fully saturated rings. The highest BCUT2D eigenvalue weighted by molar-refractivity contribution is 6.16. The lowest BCUT2D eigenvalue weighted by molar-refractivity contribution is -0.118. The van der Waals surface area contributed by atoms with E-state index in [1.54, 1.807) is 12.3 Å². The molecule has 2 heterocycles. The van der Waals surface area contributed by atoms with Crippen LogP contribution >= 0.6 is 0 Å². The molecule has 4 rings (SSSR count). The van der Waals surface area contributed by atoms with Crippen LogP contribution in [0, 0.1) is 0 Å². The number of ketones is 1. The van der Waals surface area contributed by atoms with Crippen molar-refractivity contribution in [3.63, 3.8) is 0 Å². The van der Waals surface area contributed by atoms with E-state index >= 15 is 0 Å². The minimum absolute atomic E-state index is 0.0259. The molecule has 0 spiro atoms. The number of carbonyl (C=O) groups is 2. The number of aromatic nitrogens is 1. The maximum Gasteiger partial charge on any atom is 0.262 e. The SMILES string of the molecule is C=C(Cc1ccc2c(c1)NC(=O)CO2)C(=O)c1c[nH]c2ccccc12. The molecule has 0 atom stereocenters. The second-order valence-electron chi connectivity index (χ2n) is 6.02. The van der Waals surface area contributed by atoms with Gasteiger partial charge < -0.3 is 15.0 Å². The second kappa shape index (κ2) is 5.94. The van der Waals surface area contributed by atoms with E-state index in [0.717, 1.165) is 16.5 Å². The van der Waals surface area contributed by atoms with E-state index in [-0.39, 0.29) is 18.3 Å². The van der Waals surface area contributed by atoms with Crippen molar-refractivity contribution in [1.82, 2.24) is 4.98 Å². The third-order valence-corrected chi connectivity index (χ3v) is 4.25. The van der Waals surface area contributed by atoms with Crippen LogP contribution in [0.4, 0.5) is 5.69 Å². The fraction of sp³-hybridized carbons (Fsp3) is 0.100. The minimum atomic E-state index is -0.182. The van der Waals surface area contributed by atoms with Crippen molar-refractivity contribution in [3.8, 4) is 5.75 Å². The summed E-state index contributed by atoms with van der Waals surface area (Å²) in [5, 5.41) is 3.66. The monoisotopic (exact) mass is 332 g/mol. The summed E-state index contributed by atoms with van der Waals surface area (Å²) in [6.45, 7) is 3.98. The molecule has 25 heavy (non-hydrogen) atoms. The van der Waals surface area contributed by atoms with Gasteiger partial charge in [0.25, 0.3) is 5.91 Å². The first-order chi connectivity index (χ1) is 12.1. The van der Waals surface area contributed by atoms with Crippen molar-refractivity contribution < 1.29 is 14.3 Å². The van der Waals surface area contributed by atoms with Crippen LogP contribution < -0.4 is 10.1 Å². The van der Waals surface area contributed by atoms with Crippen LogP contribution in [0.15, 0.2) is 60.8 Å². The molecule has 1 aromatic heterocycles. The molecule has 1 aliphatic heterocycles. The summed E-state index contributed by atoms with van der Waals surface area (Å²) in [4.78, 5) is 27.3. The molecular formula is C20H16N2O3. The van der Waals surface area contributed by atoms with Crippen molar-refractivity contribution in [2.45, 2.75) is 6.42 Å². The van der Waals surface area contributed by atoms with Crippen LogP contribution in [-0.4, -0.2) is 23.3 Å². The van der Waals surface area contributed by atoms with Crippen LogP contribution in [-0.2, 0) is 11.2 Å². The molecule has 0 aliphatic carbocycles. The molecular weight excluding hydrogens is 316 g/mol. The standard InChI is InChI=1S/C20H16N2O3/c1-12(20(24)15-10-21-16-5-3-2-4-14(15)16)8-13-6-7-18-17(9-13)22-19(23)11-25-18/h2-7,9-10,21H,1,8,11H2,(H,22,23). The van der Waals surface area contributed by atoms with Gasteiger partial charge in [-0.25, -0.2) is 0 Å². The summed E-state index contributed by atoms with van der Waals surface area (Å²) >= 11 is 0. The average molecular weight is 332 g/mol. The maximum atomic E-state index is 12.8. The Labute approximate surface area is 144 Å². The Morgan fingerprint density at radius 1 is 1.20 bits per heavy atom. The number of aromatic amines is 1. The van der Waals surface area contributed by atoms with E-state index in [2.05, 4.69) is 16.9 Å². The predicted molar refractivity (Wildman–Crippen MR) is 96.0 cm³/mol. The zero-order valence-electron chi connectivity index (χ0n) is 13.5. The first-order valence-corrected chi connectivity index (χ1v) is 7.96. The summed E-state index contributed by atoms with van der Waals surface area (Å²) in [6.07, 6.45) is 2.13. The number of nitrogens with one attached hydrogen (secondary N) is 2. The first-order valence-electron chi connectivity index (χ1n) is 7.96. The van der Waals surface area contributed by atoms with Gasteiger partial charge in [-0.3, -0.25) is 9.59 Å². The van der Waals surface area contributed by atoms with Gasteiger partial charge in [0, 0.05) is 29.1 Å². The molecule has 0 unspecified atom stereocenters. The number of ether oxygens (including phenoxy) is 1. The van der Waals surface area contributed by atoms with Crippen molar-refractivity contribution in [3.05, 3.63) is 71.9 Å². The molecule has 5 heteroatoms. The number of fused-ring (bicyclic) bond motifs is 2. The van der Waals surface area contributed by atoms with Gasteiger partial charge in [0.05, 0.1) is 5.69 Å². The van der Waals surface area contributed by atoms with Crippen LogP contribution in [0.3, 0.4) is 0 Å². The summed E-state index contributed by atoms with van der Waals surface area (Å²) in [5.41, 5.74) is 3.55. The third kappa shape index (κ3) is 2.80. The summed E-state index contributed by atoms with van der Waals surface area (Å²) in [6, 6.07) is 13.2. The Hall–Kier alpha value is -3.34. The third-order valence-electron chi connectivity index (χ3n) is 4.25. The maximum absolute atomic E-state index is 12.8. The van der Waals surface area contributed by atoms with Gasteiger partial charge in [0.2, 0.25) is 0 Å². The van der Waals surface area contributed by atoms with Gasteiger partial charge in [-0.2, -0.15) is 0 Å². The number of amides is 1. The highest BCUT2D eigenvalue weighted by Gasteiger charge is 2.18. The molecule has 0 bridgehead atoms. The number of Topliss-reactive ketones (excluding diaryl/α,β-unsaturated/α-hetero) is 1. The van der Waals surface area contributed by atoms with E-state index in [1.165, 1.54) is 0 Å². The van der Waals surface area contributed by atoms with E-state index in [0.29, 0.717) is 29.0 Å². The molecule has 3 aromatic rings. The normalized spacial score (nSPS) is 13.0. The number of hydrogen-bond donors (Lipinski definition) is 2. The van der Waals surface area contributed by atoms with Crippen LogP contribution in [0.1, 0.15) is 15.9 Å². The van der Waals surface area contributed by atoms with Gasteiger partial charge in [-0.15, -0.1) is 0 Å². The van der Waals surface area contributed by atoms with Crippen LogP contribution in [0.5, 0.6) is 5.75 Å². The van der Waals surface area contributed by atoms with Gasteiger partial charge in [-0.1, -0.05) is 30.8 Å². The Morgan fingerprint density at radius 3 is 2.92 bits per heavy atom. The molecule has 5 nitrogen and oxygen atoms in total. The molecule has 1 amide bonds. The second-order valence-corrected chi connectivity index (χ2v) is 6.02. The van der Waals surface area contributed by atoms with Crippen LogP contribution in [0.25, 0.3) is 10.9 Å². The Kier molecular flexibility index (Phi) is 3.61. The molecule has 0 saturated heterocycles. The van der Waals surface area contributed by atoms with Gasteiger partial charge >= 0.3 is 0 Å². The van der Waals surface area contributed by atoms with Crippen molar-refractivity contribution in [2.75, 3.05) is 11.9 Å². The highest BCUT2D eigenvalue weighted by atomic mass is 16.5. The molecule has 2 aromatic carbocycles. The first kappa shape index (κ1) is 15.2. The smallest absolute Gasteiger partial charge is 0.262 e. The fourth-order valence-electron chi connectivity index (χ4n) is 3.02. The average Bonchev–Trinajstić information content (AvgIpc) is 3.04. The number of allylic oxidation sites excluding steroid dienone is 1. The topological polar surface area (TPSA) is 71.2 Å². The number of benzene rings is 2. The lowest BCUT2D eigenvalue weighted by atomic mass is 9.97. The highest BCUT2D eigenvalue weighted by Crippen LogP contribution is 2.29. The largest absolute Gasteiger partial charge is 0.482 e. The van der Waals surface area contributed by atoms with Crippen molar-refractivity contribution in [1.29, 1.82) is 0 Å². The number of hydrogen-bond acceptors (Lipinski definition) is 3. The van der Waals surface area contributed by atoms with E-state index in [9.17, 15) is 9.59 Å². The van der Waals surface area contributed by atoms with E-state index in [4.69, 9.17) is 4.74 Å². The summed E-state index contributed by atoms with van der Waals surface area (Å²) in [7, 11) is 0. The Bertz CT molecular complexity index is 1020. The van der Waals surface area contributed by atoms with Gasteiger partial charge in [-0.05, 0) is 29.3 Å². The van der Waals surface area contributed by atoms with Crippen LogP contribution in [0.2, 0.25) is 0 Å². The Morgan fingerprint density at radius 2 is 2.04 bits per heavy atom. The zero-order valence-corrected chi connectivity index (χ0v) is 13.5. The number of rotatable bonds is 4. The Balaban J connectivity index is 1.57. The number of H-pyrrole nitrogens is 1. The molecule has 124 valence electrons. The molecule has 1 aliphatic rings. The molecule has 2 N–H and O–H groups in total. The predicted octanol–water partition coefficient (Wildman–Crippen LogP) is 3.48. The lowest BCUT2D eigenvalue weighted by Crippen LogP contribution is -2.25. The number of anilines is 1. The lowest BCUT2D eigenvalue weighted by Gasteiger charge is -2.18. The van der Waals surface area contributed by atoms with Crippen molar-refractivity contribution in [2.24, 2.45) is 0 Å². The summed E-state index contributed by atoms with van der Waals surface area (Å²) in [5.74, 6) is 0.366. The van der Waals surface area contributed by atoms with Gasteiger partial charge in [0.15, 0.2) is 12.4 Å². The zero-order chi connectivity index (χ0) is 17.4. The van der Waals surface area contributed by atoms with E-state index in [1.807, 2.05) is 36.4 Å². The fourth-order valence-corrected chi connectivity index (χ4v) is 3.02. The quantitative estimate of drug-likeness (QED) is 0.567. The number of carbonyl (C=O) groups excluding carboxylic acids is 2. The van der Waals surface area contributed by atoms with E-state index < -0.39 is 0 Å². The minimum Gasteiger partial charge on any atom is -0.482 e. The number of para-hydroxylation sites is 1. The van der Waals surface area contributed by atoms with Gasteiger partial charge in [0.1, 0.15) is 5.75 Å². The summed E-state index contributed by atoms with van der Waals surface area (Å²) < 4.78 is 5.34.